The molecule has 4 aromatic carbocycles. The molecule has 10 rings (SSSR count). The fourth-order valence-corrected chi connectivity index (χ4v) is 7.30. The highest BCUT2D eigenvalue weighted by Crippen LogP contribution is 2.53. The summed E-state index contributed by atoms with van der Waals surface area (Å²) in [4.78, 5) is 25.4. The number of amides is 2. The lowest BCUT2D eigenvalue weighted by Crippen LogP contribution is -2.37. The van der Waals surface area contributed by atoms with E-state index >= 15 is 0 Å². The molecule has 2 atom stereocenters. The SMILES string of the molecule is O=C1Nc2ccccc2[C@@]12COc1cc3c(cc12)CCO3.O=C1Nc2ccccc2[C@]12COc1cc3c(cc12)CCO3. The van der Waals surface area contributed by atoms with Crippen molar-refractivity contribution in [2.24, 2.45) is 0 Å². The van der Waals surface area contributed by atoms with Gasteiger partial charge in [0.15, 0.2) is 0 Å². The number of rotatable bonds is 0. The second kappa shape index (κ2) is 8.28. The first kappa shape index (κ1) is 23.7. The predicted octanol–water partition coefficient (Wildman–Crippen LogP) is 4.50. The number of hydrogen-bond donors (Lipinski definition) is 2. The summed E-state index contributed by atoms with van der Waals surface area (Å²) in [7, 11) is 0. The van der Waals surface area contributed by atoms with Crippen molar-refractivity contribution in [2.75, 3.05) is 37.1 Å². The van der Waals surface area contributed by atoms with Gasteiger partial charge >= 0.3 is 0 Å². The quantitative estimate of drug-likeness (QED) is 0.330. The Balaban J connectivity index is 0.000000119. The van der Waals surface area contributed by atoms with Gasteiger partial charge in [-0.15, -0.1) is 0 Å². The molecule has 6 aliphatic heterocycles. The molecule has 2 amide bonds. The second-order valence-corrected chi connectivity index (χ2v) is 11.5. The van der Waals surface area contributed by atoms with Crippen molar-refractivity contribution in [3.63, 3.8) is 0 Å². The fourth-order valence-electron chi connectivity index (χ4n) is 7.30. The maximum absolute atomic E-state index is 12.7. The van der Waals surface area contributed by atoms with E-state index in [0.29, 0.717) is 26.4 Å². The molecule has 2 spiro atoms. The first-order valence-electron chi connectivity index (χ1n) is 14.3. The molecule has 0 saturated carbocycles. The van der Waals surface area contributed by atoms with Crippen LogP contribution >= 0.6 is 0 Å². The number of para-hydroxylation sites is 2. The van der Waals surface area contributed by atoms with Crippen molar-refractivity contribution in [3.8, 4) is 23.0 Å². The normalized spacial score (nSPS) is 24.1. The van der Waals surface area contributed by atoms with E-state index in [2.05, 4.69) is 22.8 Å². The zero-order valence-electron chi connectivity index (χ0n) is 22.6. The molecule has 4 aromatic rings. The molecule has 0 saturated heterocycles. The summed E-state index contributed by atoms with van der Waals surface area (Å²) >= 11 is 0. The maximum Gasteiger partial charge on any atom is 0.243 e. The van der Waals surface area contributed by atoms with Crippen molar-refractivity contribution >= 4 is 23.2 Å². The molecular formula is C34H26N2O6. The van der Waals surface area contributed by atoms with E-state index in [1.165, 1.54) is 0 Å². The minimum Gasteiger partial charge on any atom is -0.493 e. The Bertz CT molecular complexity index is 1730. The first-order chi connectivity index (χ1) is 20.6. The Morgan fingerprint density at radius 2 is 0.976 bits per heavy atom. The molecule has 8 nitrogen and oxygen atoms in total. The van der Waals surface area contributed by atoms with E-state index in [4.69, 9.17) is 18.9 Å². The molecule has 0 bridgehead atoms. The van der Waals surface area contributed by atoms with Gasteiger partial charge in [0.2, 0.25) is 11.8 Å². The highest BCUT2D eigenvalue weighted by atomic mass is 16.5. The second-order valence-electron chi connectivity index (χ2n) is 11.5. The first-order valence-corrected chi connectivity index (χ1v) is 14.3. The van der Waals surface area contributed by atoms with E-state index in [1.54, 1.807) is 0 Å². The average Bonchev–Trinajstić information content (AvgIpc) is 3.85. The fraction of sp³-hybridized carbons (Fsp3) is 0.235. The van der Waals surface area contributed by atoms with Crippen LogP contribution in [0.4, 0.5) is 11.4 Å². The van der Waals surface area contributed by atoms with Crippen LogP contribution in [0.25, 0.3) is 0 Å². The highest BCUT2D eigenvalue weighted by Gasteiger charge is 2.55. The number of nitrogens with one attached hydrogen (secondary N) is 2. The number of ether oxygens (including phenoxy) is 4. The van der Waals surface area contributed by atoms with Gasteiger partial charge in [-0.25, -0.2) is 0 Å². The van der Waals surface area contributed by atoms with Crippen LogP contribution in [0.3, 0.4) is 0 Å². The Kier molecular flexibility index (Phi) is 4.67. The van der Waals surface area contributed by atoms with Crippen LogP contribution in [0, 0.1) is 0 Å². The van der Waals surface area contributed by atoms with Crippen LogP contribution in [0.5, 0.6) is 23.0 Å². The molecule has 0 aromatic heterocycles. The van der Waals surface area contributed by atoms with E-state index in [9.17, 15) is 9.59 Å². The Morgan fingerprint density at radius 1 is 0.524 bits per heavy atom. The van der Waals surface area contributed by atoms with Crippen molar-refractivity contribution in [2.45, 2.75) is 23.7 Å². The van der Waals surface area contributed by atoms with E-state index in [1.807, 2.05) is 60.7 Å². The molecular weight excluding hydrogens is 532 g/mol. The van der Waals surface area contributed by atoms with Crippen LogP contribution in [-0.4, -0.2) is 38.2 Å². The van der Waals surface area contributed by atoms with Gasteiger partial charge in [-0.05, 0) is 46.5 Å². The standard InChI is InChI=1S/2C17H13NO3/c2*19-16-17(11-3-1-2-4-13(11)18-16)9-21-15-8-14-10(5-6-20-14)7-12(15)17/h2*1-4,7-8H,5-6,9H2,(H,18,19)/t2*17-/m10/s1. The maximum atomic E-state index is 12.7. The summed E-state index contributed by atoms with van der Waals surface area (Å²) in [6, 6.07) is 23.7. The predicted molar refractivity (Wildman–Crippen MR) is 154 cm³/mol. The molecule has 6 aliphatic rings. The Labute approximate surface area is 241 Å². The monoisotopic (exact) mass is 558 g/mol. The van der Waals surface area contributed by atoms with Gasteiger partial charge in [0.1, 0.15) is 47.0 Å². The topological polar surface area (TPSA) is 95.1 Å². The van der Waals surface area contributed by atoms with Crippen LogP contribution in [0.2, 0.25) is 0 Å². The van der Waals surface area contributed by atoms with E-state index in [-0.39, 0.29) is 11.8 Å². The molecule has 0 fully saturated rings. The van der Waals surface area contributed by atoms with Gasteiger partial charge in [-0.3, -0.25) is 9.59 Å². The molecule has 6 heterocycles. The van der Waals surface area contributed by atoms with Gasteiger partial charge in [0.05, 0.1) is 13.2 Å². The lowest BCUT2D eigenvalue weighted by Gasteiger charge is -2.20. The van der Waals surface area contributed by atoms with Crippen molar-refractivity contribution in [1.29, 1.82) is 0 Å². The van der Waals surface area contributed by atoms with Crippen LogP contribution in [0.15, 0.2) is 72.8 Å². The third-order valence-corrected chi connectivity index (χ3v) is 9.44. The zero-order chi connectivity index (χ0) is 28.1. The molecule has 0 aliphatic carbocycles. The molecule has 2 N–H and O–H groups in total. The summed E-state index contributed by atoms with van der Waals surface area (Å²) in [5.74, 6) is 3.31. The van der Waals surface area contributed by atoms with Gasteiger partial charge in [0, 0.05) is 47.5 Å². The number of carbonyl (C=O) groups is 2. The largest absolute Gasteiger partial charge is 0.493 e. The van der Waals surface area contributed by atoms with Gasteiger partial charge in [-0.1, -0.05) is 36.4 Å². The van der Waals surface area contributed by atoms with Crippen LogP contribution < -0.4 is 29.6 Å². The van der Waals surface area contributed by atoms with Crippen molar-refractivity contribution in [3.05, 3.63) is 106 Å². The lowest BCUT2D eigenvalue weighted by molar-refractivity contribution is -0.120. The molecule has 0 unspecified atom stereocenters. The minimum atomic E-state index is -0.705. The number of hydrogen-bond acceptors (Lipinski definition) is 6. The molecule has 0 radical (unpaired) electrons. The van der Waals surface area contributed by atoms with Gasteiger partial charge < -0.3 is 29.6 Å². The summed E-state index contributed by atoms with van der Waals surface area (Å²) in [5.41, 5.74) is 6.63. The van der Waals surface area contributed by atoms with E-state index in [0.717, 1.165) is 80.6 Å². The minimum absolute atomic E-state index is 0.00122. The van der Waals surface area contributed by atoms with Crippen molar-refractivity contribution in [1.82, 2.24) is 0 Å². The third kappa shape index (κ3) is 2.96. The number of carbonyl (C=O) groups excluding carboxylic acids is 2. The summed E-state index contributed by atoms with van der Waals surface area (Å²) < 4.78 is 22.9. The third-order valence-electron chi connectivity index (χ3n) is 9.44. The van der Waals surface area contributed by atoms with Gasteiger partial charge in [0.25, 0.3) is 0 Å². The highest BCUT2D eigenvalue weighted by molar-refractivity contribution is 6.10. The van der Waals surface area contributed by atoms with Crippen LogP contribution in [0.1, 0.15) is 33.4 Å². The lowest BCUT2D eigenvalue weighted by atomic mass is 9.76. The van der Waals surface area contributed by atoms with E-state index < -0.39 is 10.8 Å². The number of benzene rings is 4. The Hall–Kier alpha value is -4.98. The van der Waals surface area contributed by atoms with Crippen molar-refractivity contribution < 1.29 is 28.5 Å². The summed E-state index contributed by atoms with van der Waals surface area (Å²) in [5, 5.41) is 5.98. The Morgan fingerprint density at radius 3 is 1.45 bits per heavy atom. The molecule has 42 heavy (non-hydrogen) atoms. The summed E-state index contributed by atoms with van der Waals surface area (Å²) in [6.07, 6.45) is 1.78. The van der Waals surface area contributed by atoms with Gasteiger partial charge in [-0.2, -0.15) is 0 Å². The molecule has 208 valence electrons. The summed E-state index contributed by atoms with van der Waals surface area (Å²) in [6.45, 7) is 2.12. The van der Waals surface area contributed by atoms with Crippen LogP contribution in [-0.2, 0) is 33.3 Å². The number of fused-ring (bicyclic) bond motifs is 10. The number of anilines is 2. The zero-order valence-corrected chi connectivity index (χ0v) is 22.6. The molecule has 8 heteroatoms. The smallest absolute Gasteiger partial charge is 0.243 e. The average molecular weight is 559 g/mol.